The highest BCUT2D eigenvalue weighted by molar-refractivity contribution is 7.89. The fourth-order valence-electron chi connectivity index (χ4n) is 2.07. The molecule has 0 fully saturated rings. The quantitative estimate of drug-likeness (QED) is 0.766. The van der Waals surface area contributed by atoms with Gasteiger partial charge in [0.05, 0.1) is 4.90 Å². The minimum absolute atomic E-state index is 0.0806. The summed E-state index contributed by atoms with van der Waals surface area (Å²) in [5.74, 6) is 0. The minimum atomic E-state index is -3.64. The summed E-state index contributed by atoms with van der Waals surface area (Å²) in [6.45, 7) is 8.20. The first kappa shape index (κ1) is 18.1. The van der Waals surface area contributed by atoms with Crippen LogP contribution in [0.4, 0.5) is 0 Å². The number of rotatable bonds is 8. The number of nitrogens with one attached hydrogen (secondary N) is 1. The van der Waals surface area contributed by atoms with Crippen molar-refractivity contribution < 1.29 is 8.42 Å². The van der Waals surface area contributed by atoms with E-state index in [0.29, 0.717) is 6.04 Å². The number of primary sulfonamides is 1. The van der Waals surface area contributed by atoms with Gasteiger partial charge in [0.15, 0.2) is 0 Å². The molecule has 1 rings (SSSR count). The fraction of sp³-hybridized carbons (Fsp3) is 0.600. The zero-order chi connectivity index (χ0) is 16.0. The van der Waals surface area contributed by atoms with Gasteiger partial charge in [-0.1, -0.05) is 19.1 Å². The van der Waals surface area contributed by atoms with Crippen molar-refractivity contribution in [3.63, 3.8) is 0 Å². The molecule has 21 heavy (non-hydrogen) atoms. The molecule has 0 aliphatic rings. The van der Waals surface area contributed by atoms with E-state index in [1.54, 1.807) is 12.1 Å². The Morgan fingerprint density at radius 2 is 2.00 bits per heavy atom. The standard InChI is InChI=1S/C15H27N3O2S/c1-5-12(2)18(4)10-9-17-13(3)14-7-6-8-15(11-14)21(16,19)20/h6-8,11-13,17H,5,9-10H2,1-4H3,(H2,16,19,20). The maximum atomic E-state index is 11.4. The first-order valence-corrected chi connectivity index (χ1v) is 8.86. The van der Waals surface area contributed by atoms with Crippen molar-refractivity contribution in [2.24, 2.45) is 5.14 Å². The van der Waals surface area contributed by atoms with Crippen molar-refractivity contribution in [2.45, 2.75) is 44.2 Å². The van der Waals surface area contributed by atoms with Crippen LogP contribution in [0.15, 0.2) is 29.2 Å². The SMILES string of the molecule is CCC(C)N(C)CCNC(C)c1cccc(S(N)(=O)=O)c1. The summed E-state index contributed by atoms with van der Waals surface area (Å²) < 4.78 is 22.7. The summed E-state index contributed by atoms with van der Waals surface area (Å²) in [5, 5.41) is 8.57. The Hall–Kier alpha value is -0.950. The molecule has 1 aromatic rings. The maximum absolute atomic E-state index is 11.4. The lowest BCUT2D eigenvalue weighted by Crippen LogP contribution is -2.35. The molecule has 0 amide bonds. The zero-order valence-corrected chi connectivity index (χ0v) is 14.2. The maximum Gasteiger partial charge on any atom is 0.238 e. The van der Waals surface area contributed by atoms with Crippen LogP contribution in [-0.2, 0) is 10.0 Å². The lowest BCUT2D eigenvalue weighted by molar-refractivity contribution is 0.249. The molecule has 0 spiro atoms. The van der Waals surface area contributed by atoms with E-state index >= 15 is 0 Å². The Bertz CT molecular complexity index is 546. The van der Waals surface area contributed by atoms with Gasteiger partial charge in [-0.3, -0.25) is 0 Å². The van der Waals surface area contributed by atoms with E-state index < -0.39 is 10.0 Å². The third-order valence-electron chi connectivity index (χ3n) is 3.94. The van der Waals surface area contributed by atoms with Crippen LogP contribution in [0.3, 0.4) is 0 Å². The number of nitrogens with two attached hydrogens (primary N) is 1. The van der Waals surface area contributed by atoms with E-state index in [2.05, 4.69) is 31.1 Å². The first-order valence-electron chi connectivity index (χ1n) is 7.32. The third kappa shape index (κ3) is 5.74. The van der Waals surface area contributed by atoms with E-state index in [1.165, 1.54) is 6.07 Å². The molecule has 0 heterocycles. The van der Waals surface area contributed by atoms with Gasteiger partial charge in [0.2, 0.25) is 10.0 Å². The van der Waals surface area contributed by atoms with Crippen LogP contribution < -0.4 is 10.5 Å². The molecule has 0 aliphatic carbocycles. The second-order valence-electron chi connectivity index (χ2n) is 5.53. The number of sulfonamides is 1. The van der Waals surface area contributed by atoms with Crippen molar-refractivity contribution in [3.05, 3.63) is 29.8 Å². The first-order chi connectivity index (χ1) is 9.75. The summed E-state index contributed by atoms with van der Waals surface area (Å²) in [5.41, 5.74) is 0.924. The van der Waals surface area contributed by atoms with E-state index in [0.717, 1.165) is 25.1 Å². The van der Waals surface area contributed by atoms with Gasteiger partial charge < -0.3 is 10.2 Å². The topological polar surface area (TPSA) is 75.4 Å². The van der Waals surface area contributed by atoms with E-state index in [9.17, 15) is 8.42 Å². The van der Waals surface area contributed by atoms with Gasteiger partial charge in [0.25, 0.3) is 0 Å². The monoisotopic (exact) mass is 313 g/mol. The molecular formula is C15H27N3O2S. The fourth-order valence-corrected chi connectivity index (χ4v) is 2.64. The second kappa shape index (κ2) is 7.89. The molecule has 1 aromatic carbocycles. The number of likely N-dealkylation sites (N-methyl/N-ethyl adjacent to an activating group) is 1. The average molecular weight is 313 g/mol. The summed E-state index contributed by atoms with van der Waals surface area (Å²) in [6.07, 6.45) is 1.13. The van der Waals surface area contributed by atoms with Gasteiger partial charge in [-0.05, 0) is 45.0 Å². The zero-order valence-electron chi connectivity index (χ0n) is 13.3. The number of nitrogens with zero attached hydrogens (tertiary/aromatic N) is 1. The summed E-state index contributed by atoms with van der Waals surface area (Å²) in [7, 11) is -1.53. The van der Waals surface area contributed by atoms with E-state index in [4.69, 9.17) is 5.14 Å². The lowest BCUT2D eigenvalue weighted by Gasteiger charge is -2.24. The average Bonchev–Trinajstić information content (AvgIpc) is 2.45. The van der Waals surface area contributed by atoms with Gasteiger partial charge in [-0.15, -0.1) is 0 Å². The highest BCUT2D eigenvalue weighted by Gasteiger charge is 2.12. The van der Waals surface area contributed by atoms with Crippen LogP contribution >= 0.6 is 0 Å². The van der Waals surface area contributed by atoms with Gasteiger partial charge >= 0.3 is 0 Å². The highest BCUT2D eigenvalue weighted by Crippen LogP contribution is 2.16. The largest absolute Gasteiger partial charge is 0.309 e. The van der Waals surface area contributed by atoms with Crippen LogP contribution in [0.1, 0.15) is 38.8 Å². The Morgan fingerprint density at radius 3 is 2.57 bits per heavy atom. The normalized spacial score (nSPS) is 15.1. The Balaban J connectivity index is 2.59. The molecular weight excluding hydrogens is 286 g/mol. The lowest BCUT2D eigenvalue weighted by atomic mass is 10.1. The summed E-state index contributed by atoms with van der Waals surface area (Å²) in [6, 6.07) is 7.42. The van der Waals surface area contributed by atoms with Crippen molar-refractivity contribution in [2.75, 3.05) is 20.1 Å². The van der Waals surface area contributed by atoms with Crippen LogP contribution in [0.5, 0.6) is 0 Å². The predicted octanol–water partition coefficient (Wildman–Crippen LogP) is 1.71. The van der Waals surface area contributed by atoms with Crippen molar-refractivity contribution in [1.29, 1.82) is 0 Å². The Morgan fingerprint density at radius 1 is 1.33 bits per heavy atom. The molecule has 0 saturated carbocycles. The third-order valence-corrected chi connectivity index (χ3v) is 4.86. The molecule has 0 saturated heterocycles. The highest BCUT2D eigenvalue weighted by atomic mass is 32.2. The Labute approximate surface area is 128 Å². The van der Waals surface area contributed by atoms with E-state index in [-0.39, 0.29) is 10.9 Å². The molecule has 0 aliphatic heterocycles. The minimum Gasteiger partial charge on any atom is -0.309 e. The van der Waals surface area contributed by atoms with Crippen LogP contribution in [-0.4, -0.2) is 39.5 Å². The summed E-state index contributed by atoms with van der Waals surface area (Å²) in [4.78, 5) is 2.46. The van der Waals surface area contributed by atoms with Crippen LogP contribution in [0.25, 0.3) is 0 Å². The molecule has 0 radical (unpaired) electrons. The smallest absolute Gasteiger partial charge is 0.238 e. The van der Waals surface area contributed by atoms with Crippen LogP contribution in [0, 0.1) is 0 Å². The van der Waals surface area contributed by atoms with E-state index in [1.807, 2.05) is 13.0 Å². The number of benzene rings is 1. The molecule has 2 unspecified atom stereocenters. The van der Waals surface area contributed by atoms with Crippen molar-refractivity contribution in [3.8, 4) is 0 Å². The second-order valence-corrected chi connectivity index (χ2v) is 7.09. The number of hydrogen-bond donors (Lipinski definition) is 2. The van der Waals surface area contributed by atoms with Crippen LogP contribution in [0.2, 0.25) is 0 Å². The molecule has 120 valence electrons. The molecule has 3 N–H and O–H groups in total. The van der Waals surface area contributed by atoms with Crippen molar-refractivity contribution in [1.82, 2.24) is 10.2 Å². The molecule has 0 aromatic heterocycles. The summed E-state index contributed by atoms with van der Waals surface area (Å²) >= 11 is 0. The molecule has 5 nitrogen and oxygen atoms in total. The van der Waals surface area contributed by atoms with Gasteiger partial charge in [0.1, 0.15) is 0 Å². The molecule has 6 heteroatoms. The van der Waals surface area contributed by atoms with Gasteiger partial charge in [-0.25, -0.2) is 13.6 Å². The van der Waals surface area contributed by atoms with Crippen molar-refractivity contribution >= 4 is 10.0 Å². The van der Waals surface area contributed by atoms with Gasteiger partial charge in [0, 0.05) is 25.2 Å². The Kier molecular flexibility index (Phi) is 6.80. The molecule has 2 atom stereocenters. The predicted molar refractivity (Wildman–Crippen MR) is 86.6 cm³/mol. The molecule has 0 bridgehead atoms. The van der Waals surface area contributed by atoms with Gasteiger partial charge in [-0.2, -0.15) is 0 Å². The number of hydrogen-bond acceptors (Lipinski definition) is 4.